The Bertz CT molecular complexity index is 3150. The highest BCUT2D eigenvalue weighted by atomic mass is 16.3. The first-order chi connectivity index (χ1) is 26.8. The van der Waals surface area contributed by atoms with Gasteiger partial charge in [-0.3, -0.25) is 0 Å². The lowest BCUT2D eigenvalue weighted by molar-refractivity contribution is 0.669. The highest BCUT2D eigenvalue weighted by Crippen LogP contribution is 2.46. The molecule has 1 nitrogen and oxygen atoms in total. The van der Waals surface area contributed by atoms with E-state index in [0.717, 1.165) is 54.6 Å². The van der Waals surface area contributed by atoms with Crippen LogP contribution in [0.1, 0.15) is 8.22 Å². The molecule has 0 spiro atoms. The lowest BCUT2D eigenvalue weighted by Gasteiger charge is -2.19. The largest absolute Gasteiger partial charge is 0.456 e. The zero-order chi connectivity index (χ0) is 37.5. The summed E-state index contributed by atoms with van der Waals surface area (Å²) in [5.41, 5.74) is 7.35. The lowest BCUT2D eigenvalue weighted by atomic mass is 9.84. The lowest BCUT2D eigenvalue weighted by Crippen LogP contribution is -1.92. The summed E-state index contributed by atoms with van der Waals surface area (Å²) < 4.78 is 62.1. The molecule has 10 aromatic rings. The minimum Gasteiger partial charge on any atom is -0.456 e. The first-order valence-electron chi connectivity index (χ1n) is 19.4. The topological polar surface area (TPSA) is 13.1 Å². The molecule has 0 saturated heterocycles. The molecule has 0 aliphatic carbocycles. The van der Waals surface area contributed by atoms with Crippen LogP contribution < -0.4 is 0 Å². The van der Waals surface area contributed by atoms with E-state index in [1.807, 2.05) is 103 Å². The van der Waals surface area contributed by atoms with Crippen LogP contribution in [-0.2, 0) is 0 Å². The fourth-order valence-corrected chi connectivity index (χ4v) is 7.40. The van der Waals surface area contributed by atoms with Crippen molar-refractivity contribution in [1.82, 2.24) is 0 Å². The molecule has 0 aliphatic rings. The van der Waals surface area contributed by atoms with Gasteiger partial charge in [0.05, 0.1) is 8.22 Å². The van der Waals surface area contributed by atoms with E-state index in [-0.39, 0.29) is 52.6 Å². The second kappa shape index (κ2) is 11.1. The van der Waals surface area contributed by atoms with Gasteiger partial charge in [0.15, 0.2) is 0 Å². The fraction of sp³-hybridized carbons (Fsp3) is 0. The van der Waals surface area contributed by atoms with Crippen LogP contribution in [0, 0.1) is 0 Å². The Morgan fingerprint density at radius 2 is 0.878 bits per heavy atom. The highest BCUT2D eigenvalue weighted by Gasteiger charge is 2.19. The van der Waals surface area contributed by atoms with E-state index in [1.54, 1.807) is 0 Å². The summed E-state index contributed by atoms with van der Waals surface area (Å²) in [4.78, 5) is 0. The average molecular weight is 629 g/mol. The van der Waals surface area contributed by atoms with Gasteiger partial charge in [-0.2, -0.15) is 0 Å². The Balaban J connectivity index is 1.30. The molecule has 0 amide bonds. The number of fused-ring (bicyclic) bond motifs is 6. The summed E-state index contributed by atoms with van der Waals surface area (Å²) >= 11 is 0. The molecule has 0 radical (unpaired) electrons. The van der Waals surface area contributed by atoms with Gasteiger partial charge in [-0.05, 0) is 101 Å². The average Bonchev–Trinajstić information content (AvgIpc) is 3.60. The van der Waals surface area contributed by atoms with E-state index < -0.39 is 0 Å². The molecule has 0 fully saturated rings. The van der Waals surface area contributed by atoms with Crippen LogP contribution in [0.5, 0.6) is 0 Å². The van der Waals surface area contributed by atoms with Gasteiger partial charge in [-0.25, -0.2) is 0 Å². The van der Waals surface area contributed by atoms with Crippen LogP contribution in [0.15, 0.2) is 186 Å². The molecule has 9 aromatic carbocycles. The SMILES string of the molecule is [2H]c1c([2H])c([2H])c2c(-c3c4ccccc4c(-c4ccccc4)c4ccccc34)c([2H])c([2H])c(-c3ccc4oc5cc(-c6ccccc6)ccc5c4c3)c2c1[2H]. The van der Waals surface area contributed by atoms with Gasteiger partial charge < -0.3 is 4.42 Å². The third-order valence-electron chi connectivity index (χ3n) is 9.61. The van der Waals surface area contributed by atoms with Crippen molar-refractivity contribution in [3.63, 3.8) is 0 Å². The third-order valence-corrected chi connectivity index (χ3v) is 9.61. The van der Waals surface area contributed by atoms with Crippen molar-refractivity contribution in [2.24, 2.45) is 0 Å². The van der Waals surface area contributed by atoms with Crippen LogP contribution in [0.3, 0.4) is 0 Å². The van der Waals surface area contributed by atoms with E-state index in [1.165, 1.54) is 0 Å². The summed E-state index contributed by atoms with van der Waals surface area (Å²) in [6.45, 7) is 0. The fourth-order valence-electron chi connectivity index (χ4n) is 7.40. The molecule has 0 N–H and O–H groups in total. The number of rotatable bonds is 4. The molecule has 228 valence electrons. The smallest absolute Gasteiger partial charge is 0.136 e. The molecule has 0 atom stereocenters. The van der Waals surface area contributed by atoms with Crippen molar-refractivity contribution in [1.29, 1.82) is 0 Å². The van der Waals surface area contributed by atoms with Crippen molar-refractivity contribution < 1.29 is 12.6 Å². The summed E-state index contributed by atoms with van der Waals surface area (Å²) in [6, 6.07) is 46.4. The van der Waals surface area contributed by atoms with E-state index in [2.05, 4.69) is 42.5 Å². The predicted octanol–water partition coefficient (Wildman–Crippen LogP) is 13.7. The van der Waals surface area contributed by atoms with Gasteiger partial charge in [-0.15, -0.1) is 0 Å². The molecule has 0 saturated carbocycles. The van der Waals surface area contributed by atoms with Gasteiger partial charge in [0, 0.05) is 10.8 Å². The number of benzene rings is 9. The van der Waals surface area contributed by atoms with Crippen LogP contribution in [-0.4, -0.2) is 0 Å². The molecule has 1 heteroatoms. The number of hydrogen-bond donors (Lipinski definition) is 0. The molecule has 10 rings (SSSR count). The Labute approximate surface area is 292 Å². The van der Waals surface area contributed by atoms with Crippen molar-refractivity contribution in [3.05, 3.63) is 182 Å². The minimum absolute atomic E-state index is 0.111. The minimum atomic E-state index is -0.390. The molecular formula is C48H30O. The van der Waals surface area contributed by atoms with Crippen molar-refractivity contribution >= 4 is 54.3 Å². The predicted molar refractivity (Wildman–Crippen MR) is 208 cm³/mol. The van der Waals surface area contributed by atoms with Gasteiger partial charge >= 0.3 is 0 Å². The molecule has 0 bridgehead atoms. The molecule has 49 heavy (non-hydrogen) atoms. The standard InChI is InChI=1S/C48H30O/c1-3-13-31(14-4-1)33-23-25-38-44-29-34(24-28-45(44)49-46(38)30-33)35-26-27-43(37-18-8-7-17-36(35)37)48-41-21-11-9-19-39(41)47(32-15-5-2-6-16-32)40-20-10-12-22-42(40)48/h1-30H/i7D,8D,17D,18D,26D,27D. The summed E-state index contributed by atoms with van der Waals surface area (Å²) in [6.07, 6.45) is 0. The Morgan fingerprint density at radius 1 is 0.327 bits per heavy atom. The second-order valence-electron chi connectivity index (χ2n) is 12.3. The maximum absolute atomic E-state index is 9.78. The summed E-state index contributed by atoms with van der Waals surface area (Å²) in [7, 11) is 0. The van der Waals surface area contributed by atoms with E-state index >= 15 is 0 Å². The van der Waals surface area contributed by atoms with Crippen LogP contribution in [0.25, 0.3) is 98.8 Å². The number of hydrogen-bond acceptors (Lipinski definition) is 1. The van der Waals surface area contributed by atoms with Gasteiger partial charge in [0.1, 0.15) is 11.2 Å². The van der Waals surface area contributed by atoms with Crippen molar-refractivity contribution in [3.8, 4) is 44.5 Å². The summed E-state index contributed by atoms with van der Waals surface area (Å²) in [5.74, 6) is 0. The molecular weight excluding hydrogens is 593 g/mol. The van der Waals surface area contributed by atoms with Gasteiger partial charge in [-0.1, -0.05) is 158 Å². The maximum Gasteiger partial charge on any atom is 0.136 e. The summed E-state index contributed by atoms with van der Waals surface area (Å²) in [5, 5.41) is 5.66. The Hall–Kier alpha value is -6.44. The van der Waals surface area contributed by atoms with Crippen molar-refractivity contribution in [2.75, 3.05) is 0 Å². The first kappa shape index (κ1) is 22.2. The highest BCUT2D eigenvalue weighted by molar-refractivity contribution is 6.24. The monoisotopic (exact) mass is 628 g/mol. The van der Waals surface area contributed by atoms with Crippen LogP contribution in [0.4, 0.5) is 0 Å². The zero-order valence-corrected chi connectivity index (χ0v) is 26.3. The van der Waals surface area contributed by atoms with Crippen LogP contribution >= 0.6 is 0 Å². The van der Waals surface area contributed by atoms with Crippen LogP contribution in [0.2, 0.25) is 0 Å². The Morgan fingerprint density at radius 3 is 1.55 bits per heavy atom. The number of furan rings is 1. The second-order valence-corrected chi connectivity index (χ2v) is 12.3. The maximum atomic E-state index is 9.78. The normalized spacial score (nSPS) is 13.4. The molecule has 1 heterocycles. The third kappa shape index (κ3) is 4.40. The van der Waals surface area contributed by atoms with Gasteiger partial charge in [0.25, 0.3) is 0 Å². The van der Waals surface area contributed by atoms with Gasteiger partial charge in [0.2, 0.25) is 0 Å². The Kier molecular flexibility index (Phi) is 5.02. The molecule has 0 unspecified atom stereocenters. The zero-order valence-electron chi connectivity index (χ0n) is 32.3. The first-order valence-corrected chi connectivity index (χ1v) is 16.4. The molecule has 1 aromatic heterocycles. The molecule has 0 aliphatic heterocycles. The van der Waals surface area contributed by atoms with E-state index in [0.29, 0.717) is 27.9 Å². The van der Waals surface area contributed by atoms with Crippen molar-refractivity contribution in [2.45, 2.75) is 0 Å². The quantitative estimate of drug-likeness (QED) is 0.177. The van der Waals surface area contributed by atoms with E-state index in [9.17, 15) is 5.48 Å². The van der Waals surface area contributed by atoms with E-state index in [4.69, 9.17) is 7.16 Å².